The fourth-order valence-corrected chi connectivity index (χ4v) is 5.61. The summed E-state index contributed by atoms with van der Waals surface area (Å²) in [4.78, 5) is 26.4. The number of alkyl carbamates (subject to hydrolysis) is 1. The van der Waals surface area contributed by atoms with Crippen molar-refractivity contribution in [2.24, 2.45) is 11.8 Å². The maximum atomic E-state index is 13.0. The Morgan fingerprint density at radius 3 is 2.47 bits per heavy atom. The van der Waals surface area contributed by atoms with Crippen LogP contribution in [0.2, 0.25) is 0 Å². The molecule has 1 spiro atoms. The van der Waals surface area contributed by atoms with Gasteiger partial charge in [0.15, 0.2) is 0 Å². The van der Waals surface area contributed by atoms with Gasteiger partial charge in [0.2, 0.25) is 5.91 Å². The first-order chi connectivity index (χ1) is 14.6. The maximum absolute atomic E-state index is 13.0. The van der Waals surface area contributed by atoms with E-state index in [1.807, 2.05) is 47.4 Å². The molecule has 6 nitrogen and oxygen atoms in total. The van der Waals surface area contributed by atoms with Crippen LogP contribution < -0.4 is 10.1 Å². The molecule has 30 heavy (non-hydrogen) atoms. The lowest BCUT2D eigenvalue weighted by Gasteiger charge is -2.43. The number of rotatable bonds is 4. The van der Waals surface area contributed by atoms with Gasteiger partial charge in [-0.15, -0.1) is 0 Å². The van der Waals surface area contributed by atoms with Crippen molar-refractivity contribution in [3.8, 4) is 11.5 Å². The number of fused-ring (bicyclic) bond motifs is 1. The molecule has 0 radical (unpaired) electrons. The zero-order valence-electron chi connectivity index (χ0n) is 16.7. The zero-order chi connectivity index (χ0) is 20.3. The predicted molar refractivity (Wildman–Crippen MR) is 109 cm³/mol. The molecule has 2 aliphatic heterocycles. The fraction of sp³-hybridized carbons (Fsp3) is 0.417. The molecule has 154 valence electrons. The van der Waals surface area contributed by atoms with Crippen molar-refractivity contribution in [1.29, 1.82) is 0 Å². The summed E-state index contributed by atoms with van der Waals surface area (Å²) in [5.41, 5.74) is 1.10. The lowest BCUT2D eigenvalue weighted by atomic mass is 9.68. The van der Waals surface area contributed by atoms with E-state index in [2.05, 4.69) is 17.4 Å². The normalized spacial score (nSPS) is 33.5. The Morgan fingerprint density at radius 1 is 1.03 bits per heavy atom. The lowest BCUT2D eigenvalue weighted by Crippen LogP contribution is -2.58. The van der Waals surface area contributed by atoms with Gasteiger partial charge in [0.25, 0.3) is 0 Å². The van der Waals surface area contributed by atoms with Crippen molar-refractivity contribution in [3.63, 3.8) is 0 Å². The van der Waals surface area contributed by atoms with Crippen LogP contribution >= 0.6 is 0 Å². The van der Waals surface area contributed by atoms with Crippen LogP contribution in [0.5, 0.6) is 11.5 Å². The average Bonchev–Trinajstić information content (AvgIpc) is 3.08. The van der Waals surface area contributed by atoms with Crippen molar-refractivity contribution in [2.45, 2.75) is 30.2 Å². The number of amides is 2. The molecule has 4 aliphatic rings. The second-order valence-corrected chi connectivity index (χ2v) is 9.30. The molecule has 6 rings (SSSR count). The van der Waals surface area contributed by atoms with E-state index in [1.54, 1.807) is 0 Å². The molecule has 0 aromatic heterocycles. The van der Waals surface area contributed by atoms with Crippen molar-refractivity contribution in [2.75, 3.05) is 19.7 Å². The maximum Gasteiger partial charge on any atom is 0.407 e. The number of hydrogen-bond donors (Lipinski definition) is 1. The Bertz CT molecular complexity index is 1000. The molecular weight excluding hydrogens is 380 g/mol. The summed E-state index contributed by atoms with van der Waals surface area (Å²) < 4.78 is 10.9. The number of nitrogens with zero attached hydrogens (tertiary/aromatic N) is 1. The second kappa shape index (κ2) is 6.24. The van der Waals surface area contributed by atoms with Gasteiger partial charge in [-0.2, -0.15) is 0 Å². The smallest absolute Gasteiger partial charge is 0.407 e. The van der Waals surface area contributed by atoms with Gasteiger partial charge >= 0.3 is 6.09 Å². The van der Waals surface area contributed by atoms with Crippen molar-refractivity contribution in [3.05, 3.63) is 60.2 Å². The number of para-hydroxylation sites is 1. The molecule has 1 N–H and O–H groups in total. The topological polar surface area (TPSA) is 67.9 Å². The van der Waals surface area contributed by atoms with Crippen LogP contribution in [0.1, 0.15) is 24.8 Å². The number of benzene rings is 2. The monoisotopic (exact) mass is 404 g/mol. The molecule has 2 atom stereocenters. The fourth-order valence-electron chi connectivity index (χ4n) is 5.61. The number of carbonyl (C=O) groups excluding carboxylic acids is 2. The quantitative estimate of drug-likeness (QED) is 0.847. The minimum atomic E-state index is -0.359. The van der Waals surface area contributed by atoms with E-state index >= 15 is 0 Å². The molecular formula is C24H24N2O4. The third kappa shape index (κ3) is 2.77. The molecule has 2 unspecified atom stereocenters. The second-order valence-electron chi connectivity index (χ2n) is 9.30. The summed E-state index contributed by atoms with van der Waals surface area (Å²) in [5, 5.41) is 2.87. The van der Waals surface area contributed by atoms with Crippen molar-refractivity contribution >= 4 is 12.0 Å². The van der Waals surface area contributed by atoms with E-state index in [0.717, 1.165) is 31.0 Å². The Kier molecular flexibility index (Phi) is 3.70. The number of piperidine rings is 1. The molecule has 2 amide bonds. The molecule has 0 bridgehead atoms. The van der Waals surface area contributed by atoms with Crippen LogP contribution in [-0.2, 0) is 14.9 Å². The number of likely N-dealkylation sites (tertiary alicyclic amines) is 1. The van der Waals surface area contributed by atoms with Gasteiger partial charge in [-0.05, 0) is 55.0 Å². The number of nitrogens with one attached hydrogen (secondary N) is 1. The van der Waals surface area contributed by atoms with Crippen LogP contribution in [0.4, 0.5) is 4.79 Å². The predicted octanol–water partition coefficient (Wildman–Crippen LogP) is 3.47. The summed E-state index contributed by atoms with van der Waals surface area (Å²) in [5.74, 6) is 2.43. The average molecular weight is 404 g/mol. The molecule has 2 aromatic carbocycles. The highest BCUT2D eigenvalue weighted by molar-refractivity contribution is 5.82. The van der Waals surface area contributed by atoms with E-state index in [1.165, 1.54) is 5.56 Å². The summed E-state index contributed by atoms with van der Waals surface area (Å²) in [7, 11) is 0. The van der Waals surface area contributed by atoms with E-state index in [0.29, 0.717) is 25.4 Å². The van der Waals surface area contributed by atoms with Gasteiger partial charge in [-0.3, -0.25) is 4.79 Å². The van der Waals surface area contributed by atoms with Crippen LogP contribution in [-0.4, -0.2) is 42.1 Å². The van der Waals surface area contributed by atoms with Crippen LogP contribution in [0, 0.1) is 11.8 Å². The number of ether oxygens (including phenoxy) is 2. The van der Waals surface area contributed by atoms with Gasteiger partial charge in [0, 0.05) is 24.4 Å². The summed E-state index contributed by atoms with van der Waals surface area (Å²) >= 11 is 0. The number of carbonyl (C=O) groups is 2. The van der Waals surface area contributed by atoms with Gasteiger partial charge < -0.3 is 19.7 Å². The number of hydrogen-bond acceptors (Lipinski definition) is 4. The van der Waals surface area contributed by atoms with Crippen LogP contribution in [0.25, 0.3) is 0 Å². The summed E-state index contributed by atoms with van der Waals surface area (Å²) in [6.45, 7) is 2.02. The number of cyclic esters (lactones) is 1. The minimum absolute atomic E-state index is 0.00296. The Balaban J connectivity index is 1.10. The Labute approximate surface area is 175 Å². The largest absolute Gasteiger partial charge is 0.457 e. The highest BCUT2D eigenvalue weighted by Gasteiger charge is 2.63. The summed E-state index contributed by atoms with van der Waals surface area (Å²) in [6.07, 6.45) is 2.17. The van der Waals surface area contributed by atoms with E-state index in [-0.39, 0.29) is 28.9 Å². The molecule has 6 heteroatoms. The first kappa shape index (κ1) is 17.8. The van der Waals surface area contributed by atoms with E-state index in [4.69, 9.17) is 9.47 Å². The SMILES string of the molecule is O=C1NC2(CO1)CC(C(=O)N1CC3CC3(c3ccc(Oc4ccccc4)cc3)C1)C2. The highest BCUT2D eigenvalue weighted by Crippen LogP contribution is 2.59. The zero-order valence-corrected chi connectivity index (χ0v) is 16.7. The molecule has 2 saturated carbocycles. The summed E-state index contributed by atoms with van der Waals surface area (Å²) in [6, 6.07) is 18.1. The third-order valence-electron chi connectivity index (χ3n) is 7.34. The van der Waals surface area contributed by atoms with Crippen molar-refractivity contribution in [1.82, 2.24) is 10.2 Å². The lowest BCUT2D eigenvalue weighted by molar-refractivity contribution is -0.140. The third-order valence-corrected chi connectivity index (χ3v) is 7.34. The van der Waals surface area contributed by atoms with Crippen molar-refractivity contribution < 1.29 is 19.1 Å². The Morgan fingerprint density at radius 2 is 1.77 bits per heavy atom. The van der Waals surface area contributed by atoms with E-state index in [9.17, 15) is 9.59 Å². The minimum Gasteiger partial charge on any atom is -0.457 e. The highest BCUT2D eigenvalue weighted by atomic mass is 16.6. The van der Waals surface area contributed by atoms with Crippen LogP contribution in [0.15, 0.2) is 54.6 Å². The first-order valence-corrected chi connectivity index (χ1v) is 10.6. The standard InChI is InChI=1S/C24H24N2O4/c27-21(16-10-23(11-16)15-29-22(28)25-23)26-13-18-12-24(18,14-26)17-6-8-20(9-7-17)30-19-4-2-1-3-5-19/h1-9,16,18H,10-15H2,(H,25,28). The molecule has 4 fully saturated rings. The first-order valence-electron chi connectivity index (χ1n) is 10.6. The van der Waals surface area contributed by atoms with Gasteiger partial charge in [-0.1, -0.05) is 30.3 Å². The van der Waals surface area contributed by atoms with Gasteiger partial charge in [-0.25, -0.2) is 4.79 Å². The Hall–Kier alpha value is -3.02. The molecule has 2 aromatic rings. The van der Waals surface area contributed by atoms with Gasteiger partial charge in [0.05, 0.1) is 5.54 Å². The molecule has 2 saturated heterocycles. The molecule has 2 aliphatic carbocycles. The van der Waals surface area contributed by atoms with E-state index < -0.39 is 0 Å². The van der Waals surface area contributed by atoms with Gasteiger partial charge in [0.1, 0.15) is 18.1 Å². The molecule has 2 heterocycles. The van der Waals surface area contributed by atoms with Crippen LogP contribution in [0.3, 0.4) is 0 Å².